The minimum Gasteiger partial charge on any atom is -0.289 e. The molecule has 1 nitrogen and oxygen atoms in total. The van der Waals surface area contributed by atoms with E-state index in [0.717, 1.165) is 10.5 Å². The second-order valence-corrected chi connectivity index (χ2v) is 12.8. The second kappa shape index (κ2) is 10.2. The van der Waals surface area contributed by atoms with E-state index in [0.29, 0.717) is 5.56 Å². The predicted molar refractivity (Wildman–Crippen MR) is 148 cm³/mol. The molecule has 0 saturated carbocycles. The van der Waals surface area contributed by atoms with E-state index in [1.165, 1.54) is 26.5 Å². The van der Waals surface area contributed by atoms with Gasteiger partial charge in [0.05, 0.1) is 0 Å². The van der Waals surface area contributed by atoms with E-state index in [1.54, 1.807) is 11.8 Å². The molecule has 0 aromatic heterocycles. The quantitative estimate of drug-likeness (QED) is 0.203. The van der Waals surface area contributed by atoms with Crippen molar-refractivity contribution in [2.45, 2.75) is 40.9 Å². The highest BCUT2D eigenvalue weighted by Crippen LogP contribution is 2.32. The van der Waals surface area contributed by atoms with Crippen LogP contribution in [0.2, 0.25) is 0 Å². The summed E-state index contributed by atoms with van der Waals surface area (Å²) in [7, 11) is 0.214. The van der Waals surface area contributed by atoms with Crippen LogP contribution in [0.4, 0.5) is 0 Å². The zero-order chi connectivity index (χ0) is 24.3. The van der Waals surface area contributed by atoms with Crippen molar-refractivity contribution in [3.63, 3.8) is 0 Å². The van der Waals surface area contributed by atoms with Crippen molar-refractivity contribution < 1.29 is 4.79 Å². The molecule has 4 aromatic rings. The fourth-order valence-electron chi connectivity index (χ4n) is 3.86. The van der Waals surface area contributed by atoms with E-state index >= 15 is 0 Å². The Kier molecular flexibility index (Phi) is 7.35. The largest absolute Gasteiger partial charge is 0.289 e. The molecule has 172 valence electrons. The fourth-order valence-corrected chi connectivity index (χ4v) is 5.66. The molecule has 0 fully saturated rings. The van der Waals surface area contributed by atoms with Gasteiger partial charge in [-0.25, -0.2) is 0 Å². The molecule has 4 aromatic carbocycles. The molecular formula is C31H31OS2+. The Morgan fingerprint density at radius 3 is 1.71 bits per heavy atom. The summed E-state index contributed by atoms with van der Waals surface area (Å²) in [5.41, 5.74) is 5.32. The van der Waals surface area contributed by atoms with Crippen LogP contribution in [0.1, 0.15) is 42.3 Å². The summed E-state index contributed by atoms with van der Waals surface area (Å²) in [4.78, 5) is 16.6. The molecule has 0 aliphatic heterocycles. The van der Waals surface area contributed by atoms with Gasteiger partial charge < -0.3 is 0 Å². The van der Waals surface area contributed by atoms with Gasteiger partial charge in [0.15, 0.2) is 10.7 Å². The molecule has 0 aliphatic carbocycles. The van der Waals surface area contributed by atoms with E-state index in [2.05, 4.69) is 93.9 Å². The minimum absolute atomic E-state index is 0.0610. The summed E-state index contributed by atoms with van der Waals surface area (Å²) in [5, 5.41) is 0. The maximum absolute atomic E-state index is 12.9. The highest BCUT2D eigenvalue weighted by molar-refractivity contribution is 7.99. The summed E-state index contributed by atoms with van der Waals surface area (Å²) in [6, 6.07) is 33.3. The lowest BCUT2D eigenvalue weighted by molar-refractivity contribution is 0.103. The summed E-state index contributed by atoms with van der Waals surface area (Å²) < 4.78 is 0. The third-order valence-corrected chi connectivity index (χ3v) is 8.11. The lowest BCUT2D eigenvalue weighted by Gasteiger charge is -2.19. The Hall–Kier alpha value is -2.75. The summed E-state index contributed by atoms with van der Waals surface area (Å²) >= 11 is 1.71. The van der Waals surface area contributed by atoms with Crippen LogP contribution in [0, 0.1) is 0 Å². The molecule has 4 rings (SSSR count). The molecule has 0 bridgehead atoms. The van der Waals surface area contributed by atoms with Gasteiger partial charge in [-0.15, -0.1) is 0 Å². The highest BCUT2D eigenvalue weighted by Gasteiger charge is 2.16. The van der Waals surface area contributed by atoms with Gasteiger partial charge in [-0.1, -0.05) is 81.1 Å². The molecule has 0 N–H and O–H groups in total. The van der Waals surface area contributed by atoms with Crippen LogP contribution in [-0.4, -0.2) is 18.3 Å². The first-order valence-electron chi connectivity index (χ1n) is 11.4. The van der Waals surface area contributed by atoms with Gasteiger partial charge in [0.2, 0.25) is 0 Å². The van der Waals surface area contributed by atoms with Crippen LogP contribution in [-0.2, 0) is 16.3 Å². The zero-order valence-corrected chi connectivity index (χ0v) is 22.1. The van der Waals surface area contributed by atoms with Crippen molar-refractivity contribution in [3.8, 4) is 11.1 Å². The van der Waals surface area contributed by atoms with E-state index in [4.69, 9.17) is 0 Å². The van der Waals surface area contributed by atoms with Crippen LogP contribution in [0.25, 0.3) is 11.1 Å². The number of hydrogen-bond donors (Lipinski definition) is 0. The van der Waals surface area contributed by atoms with Crippen molar-refractivity contribution in [2.75, 3.05) is 12.5 Å². The van der Waals surface area contributed by atoms with Crippen molar-refractivity contribution in [3.05, 3.63) is 114 Å². The van der Waals surface area contributed by atoms with Gasteiger partial charge in [0.1, 0.15) is 12.5 Å². The van der Waals surface area contributed by atoms with Crippen LogP contribution >= 0.6 is 11.8 Å². The van der Waals surface area contributed by atoms with Crippen LogP contribution < -0.4 is 0 Å². The predicted octanol–water partition coefficient (Wildman–Crippen LogP) is 8.27. The summed E-state index contributed by atoms with van der Waals surface area (Å²) in [6.07, 6.45) is 4.52. The van der Waals surface area contributed by atoms with Gasteiger partial charge in [0.25, 0.3) is 0 Å². The molecule has 34 heavy (non-hydrogen) atoms. The second-order valence-electron chi connectivity index (χ2n) is 9.62. The van der Waals surface area contributed by atoms with E-state index in [9.17, 15) is 4.79 Å². The molecule has 0 radical (unpaired) electrons. The number of carbonyl (C=O) groups excluding carboxylic acids is 1. The van der Waals surface area contributed by atoms with Crippen LogP contribution in [0.15, 0.2) is 112 Å². The number of rotatable bonds is 6. The topological polar surface area (TPSA) is 17.1 Å². The normalized spacial score (nSPS) is 11.6. The average molecular weight is 484 g/mol. The Morgan fingerprint density at radius 2 is 1.18 bits per heavy atom. The van der Waals surface area contributed by atoms with E-state index in [1.807, 2.05) is 36.4 Å². The van der Waals surface area contributed by atoms with E-state index in [-0.39, 0.29) is 22.1 Å². The average Bonchev–Trinajstić information content (AvgIpc) is 2.84. The number of benzene rings is 4. The number of hydrogen-bond acceptors (Lipinski definition) is 2. The van der Waals surface area contributed by atoms with Gasteiger partial charge in [0, 0.05) is 37.4 Å². The molecule has 0 heterocycles. The Labute approximate surface area is 211 Å². The van der Waals surface area contributed by atoms with Gasteiger partial charge in [-0.05, 0) is 65.1 Å². The lowest BCUT2D eigenvalue weighted by atomic mass is 9.86. The first kappa shape index (κ1) is 24.4. The third kappa shape index (κ3) is 5.65. The molecular weight excluding hydrogens is 452 g/mol. The highest BCUT2D eigenvalue weighted by atomic mass is 32.2. The maximum atomic E-state index is 12.9. The summed E-state index contributed by atoms with van der Waals surface area (Å²) in [6.45, 7) is 6.54. The molecule has 0 aliphatic rings. The monoisotopic (exact) mass is 483 g/mol. The van der Waals surface area contributed by atoms with E-state index < -0.39 is 0 Å². The Morgan fingerprint density at radius 1 is 0.676 bits per heavy atom. The van der Waals surface area contributed by atoms with Gasteiger partial charge >= 0.3 is 0 Å². The van der Waals surface area contributed by atoms with Gasteiger partial charge in [-0.2, -0.15) is 0 Å². The van der Waals surface area contributed by atoms with Crippen molar-refractivity contribution >= 4 is 28.4 Å². The maximum Gasteiger partial charge on any atom is 0.193 e. The number of ketones is 1. The molecule has 3 heteroatoms. The Balaban J connectivity index is 1.45. The van der Waals surface area contributed by atoms with Crippen LogP contribution in [0.5, 0.6) is 0 Å². The molecule has 0 saturated heterocycles. The van der Waals surface area contributed by atoms with Crippen LogP contribution in [0.3, 0.4) is 0 Å². The van der Waals surface area contributed by atoms with Gasteiger partial charge in [-0.3, -0.25) is 4.79 Å². The number of carbonyl (C=O) groups is 1. The minimum atomic E-state index is 0.0610. The zero-order valence-electron chi connectivity index (χ0n) is 20.5. The first-order valence-corrected chi connectivity index (χ1v) is 14.3. The van der Waals surface area contributed by atoms with Crippen molar-refractivity contribution in [2.24, 2.45) is 0 Å². The smallest absolute Gasteiger partial charge is 0.193 e. The molecule has 0 unspecified atom stereocenters. The molecule has 0 amide bonds. The Bertz CT molecular complexity index is 1260. The SMILES string of the molecule is C[S+](C)c1ccccc1-c1ccc(Sc2ccc(C(=O)c3ccc(C(C)(C)C)cc3)cc2)cc1. The third-order valence-electron chi connectivity index (χ3n) is 5.86. The molecule has 0 spiro atoms. The van der Waals surface area contributed by atoms with Crippen molar-refractivity contribution in [1.29, 1.82) is 0 Å². The summed E-state index contributed by atoms with van der Waals surface area (Å²) in [5.74, 6) is 0.0610. The standard InChI is InChI=1S/C31H31OS2/c1-31(2,3)25-16-10-23(11-17-25)30(32)24-14-20-27(21-15-24)33-26-18-12-22(13-19-26)28-8-6-7-9-29(28)34(4)5/h6-21H,1-5H3/q+1. The molecule has 0 atom stereocenters. The lowest BCUT2D eigenvalue weighted by Crippen LogP contribution is -2.11. The van der Waals surface area contributed by atoms with Crippen molar-refractivity contribution in [1.82, 2.24) is 0 Å². The first-order chi connectivity index (χ1) is 16.2. The fraction of sp³-hybridized carbons (Fsp3) is 0.194.